The molecule has 0 aliphatic carbocycles. The monoisotopic (exact) mass is 326 g/mol. The van der Waals surface area contributed by atoms with E-state index < -0.39 is 28.0 Å². The molecule has 0 aromatic heterocycles. The molecule has 3 N–H and O–H groups in total. The number of nitrogens with one attached hydrogen (secondary N) is 2. The fourth-order valence-corrected chi connectivity index (χ4v) is 3.63. The number of fused-ring (bicyclic) bond motifs is 1. The van der Waals surface area contributed by atoms with Gasteiger partial charge in [-0.2, -0.15) is 4.72 Å². The summed E-state index contributed by atoms with van der Waals surface area (Å²) in [6.07, 6.45) is 0.637. The molecule has 1 atom stereocenters. The van der Waals surface area contributed by atoms with Crippen molar-refractivity contribution < 1.29 is 23.1 Å². The Morgan fingerprint density at radius 2 is 2.05 bits per heavy atom. The van der Waals surface area contributed by atoms with Gasteiger partial charge >= 0.3 is 5.97 Å². The topological polar surface area (TPSA) is 113 Å². The van der Waals surface area contributed by atoms with Crippen molar-refractivity contribution in [3.63, 3.8) is 0 Å². The Hall–Kier alpha value is -1.93. The van der Waals surface area contributed by atoms with E-state index in [1.54, 1.807) is 19.9 Å². The zero-order valence-corrected chi connectivity index (χ0v) is 13.1. The molecule has 22 heavy (non-hydrogen) atoms. The number of hydrogen-bond donors (Lipinski definition) is 3. The average molecular weight is 326 g/mol. The summed E-state index contributed by atoms with van der Waals surface area (Å²) < 4.78 is 26.8. The fraction of sp³-hybridized carbons (Fsp3) is 0.429. The van der Waals surface area contributed by atoms with E-state index in [4.69, 9.17) is 5.11 Å². The number of sulfonamides is 1. The van der Waals surface area contributed by atoms with Gasteiger partial charge in [-0.05, 0) is 30.0 Å². The van der Waals surface area contributed by atoms with E-state index >= 15 is 0 Å². The lowest BCUT2D eigenvalue weighted by molar-refractivity contribution is -0.140. The summed E-state index contributed by atoms with van der Waals surface area (Å²) in [4.78, 5) is 22.8. The molecule has 1 aliphatic rings. The molecule has 1 aromatic carbocycles. The van der Waals surface area contributed by atoms with Gasteiger partial charge < -0.3 is 10.4 Å². The number of carboxylic acid groups (broad SMARTS) is 1. The number of rotatable bonds is 5. The summed E-state index contributed by atoms with van der Waals surface area (Å²) in [5, 5.41) is 11.7. The smallest absolute Gasteiger partial charge is 0.322 e. The molecule has 7 nitrogen and oxygen atoms in total. The predicted molar refractivity (Wildman–Crippen MR) is 79.1 cm³/mol. The molecule has 1 unspecified atom stereocenters. The largest absolute Gasteiger partial charge is 0.480 e. The van der Waals surface area contributed by atoms with E-state index in [0.29, 0.717) is 18.5 Å². The van der Waals surface area contributed by atoms with Crippen LogP contribution >= 0.6 is 0 Å². The molecule has 1 aromatic rings. The van der Waals surface area contributed by atoms with E-state index in [2.05, 4.69) is 10.0 Å². The lowest BCUT2D eigenvalue weighted by Crippen LogP contribution is -2.44. The third-order valence-corrected chi connectivity index (χ3v) is 4.97. The maximum Gasteiger partial charge on any atom is 0.322 e. The SMILES string of the molecule is CC(C)C(NS(=O)(=O)c1ccc2c(c1)C(=O)NCC2)C(=O)O. The van der Waals surface area contributed by atoms with E-state index in [9.17, 15) is 18.0 Å². The Labute approximate surface area is 128 Å². The van der Waals surface area contributed by atoms with Crippen molar-refractivity contribution >= 4 is 21.9 Å². The summed E-state index contributed by atoms with van der Waals surface area (Å²) in [6.45, 7) is 3.74. The maximum absolute atomic E-state index is 12.3. The minimum Gasteiger partial charge on any atom is -0.480 e. The number of carbonyl (C=O) groups is 2. The first kappa shape index (κ1) is 16.4. The number of carbonyl (C=O) groups excluding carboxylic acids is 1. The Morgan fingerprint density at radius 3 is 2.64 bits per heavy atom. The number of benzene rings is 1. The summed E-state index contributed by atoms with van der Waals surface area (Å²) in [6, 6.07) is 3.04. The van der Waals surface area contributed by atoms with Crippen LogP contribution in [0.2, 0.25) is 0 Å². The molecule has 0 fully saturated rings. The van der Waals surface area contributed by atoms with Crippen molar-refractivity contribution in [3.05, 3.63) is 29.3 Å². The number of amides is 1. The standard InChI is InChI=1S/C14H18N2O5S/c1-8(2)12(14(18)19)16-22(20,21)10-4-3-9-5-6-15-13(17)11(9)7-10/h3-4,7-8,12,16H,5-6H2,1-2H3,(H,15,17)(H,18,19). The molecule has 0 radical (unpaired) electrons. The van der Waals surface area contributed by atoms with Crippen LogP contribution in [0.4, 0.5) is 0 Å². The molecular weight excluding hydrogens is 308 g/mol. The summed E-state index contributed by atoms with van der Waals surface area (Å²) >= 11 is 0. The summed E-state index contributed by atoms with van der Waals surface area (Å²) in [5.74, 6) is -1.97. The first-order chi connectivity index (χ1) is 10.2. The van der Waals surface area contributed by atoms with Gasteiger partial charge in [0.05, 0.1) is 4.90 Å². The highest BCUT2D eigenvalue weighted by Crippen LogP contribution is 2.20. The summed E-state index contributed by atoms with van der Waals surface area (Å²) in [5.41, 5.74) is 1.09. The highest BCUT2D eigenvalue weighted by molar-refractivity contribution is 7.89. The Morgan fingerprint density at radius 1 is 1.36 bits per heavy atom. The van der Waals surface area contributed by atoms with E-state index in [1.807, 2.05) is 0 Å². The Kier molecular flexibility index (Phi) is 4.52. The quantitative estimate of drug-likeness (QED) is 0.723. The normalized spacial score (nSPS) is 16.0. The minimum absolute atomic E-state index is 0.116. The number of carboxylic acids is 1. The van der Waals surface area contributed by atoms with Crippen molar-refractivity contribution in [1.29, 1.82) is 0 Å². The summed E-state index contributed by atoms with van der Waals surface area (Å²) in [7, 11) is -4.02. The van der Waals surface area contributed by atoms with Gasteiger partial charge in [-0.3, -0.25) is 9.59 Å². The Balaban J connectivity index is 2.36. The lowest BCUT2D eigenvalue weighted by Gasteiger charge is -2.20. The van der Waals surface area contributed by atoms with Gasteiger partial charge in [0.2, 0.25) is 10.0 Å². The van der Waals surface area contributed by atoms with Crippen molar-refractivity contribution in [2.75, 3.05) is 6.54 Å². The van der Waals surface area contributed by atoms with Gasteiger partial charge in [0.15, 0.2) is 0 Å². The molecule has 0 saturated carbocycles. The molecule has 8 heteroatoms. The van der Waals surface area contributed by atoms with E-state index in [-0.39, 0.29) is 10.8 Å². The molecule has 1 aliphatic heterocycles. The van der Waals surface area contributed by atoms with Crippen molar-refractivity contribution in [3.8, 4) is 0 Å². The van der Waals surface area contributed by atoms with Crippen LogP contribution in [0.1, 0.15) is 29.8 Å². The second-order valence-electron chi connectivity index (χ2n) is 5.51. The van der Waals surface area contributed by atoms with Gasteiger partial charge in [0, 0.05) is 12.1 Å². The zero-order chi connectivity index (χ0) is 16.5. The molecule has 2 rings (SSSR count). The highest BCUT2D eigenvalue weighted by atomic mass is 32.2. The molecule has 1 amide bonds. The highest BCUT2D eigenvalue weighted by Gasteiger charge is 2.29. The van der Waals surface area contributed by atoms with Crippen LogP contribution in [0.5, 0.6) is 0 Å². The average Bonchev–Trinajstić information content (AvgIpc) is 2.44. The molecular formula is C14H18N2O5S. The van der Waals surface area contributed by atoms with Crippen LogP contribution in [0, 0.1) is 5.92 Å². The van der Waals surface area contributed by atoms with Crippen LogP contribution in [-0.4, -0.2) is 38.0 Å². The first-order valence-corrected chi connectivity index (χ1v) is 8.37. The second-order valence-corrected chi connectivity index (χ2v) is 7.22. The van der Waals surface area contributed by atoms with Gasteiger partial charge in [0.1, 0.15) is 6.04 Å². The minimum atomic E-state index is -4.02. The van der Waals surface area contributed by atoms with Gasteiger partial charge in [-0.1, -0.05) is 19.9 Å². The molecule has 0 bridgehead atoms. The van der Waals surface area contributed by atoms with Gasteiger partial charge in [-0.25, -0.2) is 8.42 Å². The molecule has 0 spiro atoms. The Bertz CT molecular complexity index is 712. The van der Waals surface area contributed by atoms with Gasteiger partial charge in [0.25, 0.3) is 5.91 Å². The van der Waals surface area contributed by atoms with Crippen molar-refractivity contribution in [2.24, 2.45) is 5.92 Å². The maximum atomic E-state index is 12.3. The third kappa shape index (κ3) is 3.28. The molecule has 0 saturated heterocycles. The number of aliphatic carboxylic acids is 1. The zero-order valence-electron chi connectivity index (χ0n) is 12.3. The molecule has 1 heterocycles. The van der Waals surface area contributed by atoms with Crippen LogP contribution in [0.15, 0.2) is 23.1 Å². The number of hydrogen-bond acceptors (Lipinski definition) is 4. The predicted octanol–water partition coefficient (Wildman–Crippen LogP) is 0.360. The van der Waals surface area contributed by atoms with Gasteiger partial charge in [-0.15, -0.1) is 0 Å². The van der Waals surface area contributed by atoms with E-state index in [1.165, 1.54) is 12.1 Å². The lowest BCUT2D eigenvalue weighted by atomic mass is 10.0. The van der Waals surface area contributed by atoms with E-state index in [0.717, 1.165) is 5.56 Å². The van der Waals surface area contributed by atoms with Crippen LogP contribution < -0.4 is 10.0 Å². The molecule has 120 valence electrons. The third-order valence-electron chi connectivity index (χ3n) is 3.53. The van der Waals surface area contributed by atoms with Crippen LogP contribution in [0.25, 0.3) is 0 Å². The fourth-order valence-electron chi connectivity index (χ4n) is 2.26. The van der Waals surface area contributed by atoms with Crippen LogP contribution in [-0.2, 0) is 21.2 Å². The van der Waals surface area contributed by atoms with Crippen molar-refractivity contribution in [1.82, 2.24) is 10.0 Å². The van der Waals surface area contributed by atoms with Crippen molar-refractivity contribution in [2.45, 2.75) is 31.2 Å². The second kappa shape index (κ2) is 6.05. The first-order valence-electron chi connectivity index (χ1n) is 6.88. The van der Waals surface area contributed by atoms with Crippen LogP contribution in [0.3, 0.4) is 0 Å².